The fourth-order valence-corrected chi connectivity index (χ4v) is 4.59. The molecule has 2 fully saturated rings. The Labute approximate surface area is 192 Å². The summed E-state index contributed by atoms with van der Waals surface area (Å²) in [5.41, 5.74) is 0. The van der Waals surface area contributed by atoms with Gasteiger partial charge in [-0.25, -0.2) is 0 Å². The van der Waals surface area contributed by atoms with E-state index in [0.717, 1.165) is 26.2 Å². The Morgan fingerprint density at radius 2 is 1.03 bits per heavy atom. The molecule has 6 unspecified atom stereocenters. The predicted octanol–water partition coefficient (Wildman–Crippen LogP) is 1.38. The molecule has 32 heavy (non-hydrogen) atoms. The molecule has 182 valence electrons. The van der Waals surface area contributed by atoms with Crippen LogP contribution in [0.25, 0.3) is 0 Å². The van der Waals surface area contributed by atoms with Crippen molar-refractivity contribution in [3.05, 3.63) is 24.3 Å². The van der Waals surface area contributed by atoms with Crippen molar-refractivity contribution in [2.75, 3.05) is 52.5 Å². The van der Waals surface area contributed by atoms with Gasteiger partial charge < -0.3 is 29.2 Å². The summed E-state index contributed by atoms with van der Waals surface area (Å²) in [7, 11) is 0. The van der Waals surface area contributed by atoms with Gasteiger partial charge in [0, 0.05) is 39.3 Å². The average Bonchev–Trinajstić information content (AvgIpc) is 2.70. The molecule has 8 heteroatoms. The van der Waals surface area contributed by atoms with Gasteiger partial charge in [0.15, 0.2) is 0 Å². The molecule has 1 aromatic carbocycles. The zero-order chi connectivity index (χ0) is 23.1. The molecule has 0 spiro atoms. The lowest BCUT2D eigenvalue weighted by molar-refractivity contribution is -0.0790. The minimum absolute atomic E-state index is 0.180. The molecule has 0 amide bonds. The molecule has 3 rings (SSSR count). The number of nitrogens with zero attached hydrogens (tertiary/aromatic N) is 2. The standard InChI is InChI=1S/C24H40N2O6/c1-17-9-25(10-18(2)31-17)13-21(27)15-29-23-5-7-24(8-6-23)30-16-22(28)14-26-11-19(3)32-20(4)12-26/h5-8,17-22,27-28H,9-16H2,1-4H3. The number of β-amino-alcohol motifs (C(OH)–C–C–N with tert-alkyl or cyclic N) is 2. The highest BCUT2D eigenvalue weighted by atomic mass is 16.5. The molecule has 8 nitrogen and oxygen atoms in total. The number of ether oxygens (including phenoxy) is 4. The van der Waals surface area contributed by atoms with Crippen LogP contribution in [-0.2, 0) is 9.47 Å². The Morgan fingerprint density at radius 1 is 0.719 bits per heavy atom. The van der Waals surface area contributed by atoms with Gasteiger partial charge >= 0.3 is 0 Å². The molecule has 0 aromatic heterocycles. The monoisotopic (exact) mass is 452 g/mol. The smallest absolute Gasteiger partial charge is 0.119 e. The highest BCUT2D eigenvalue weighted by Gasteiger charge is 2.25. The summed E-state index contributed by atoms with van der Waals surface area (Å²) >= 11 is 0. The van der Waals surface area contributed by atoms with Crippen molar-refractivity contribution in [2.45, 2.75) is 64.3 Å². The summed E-state index contributed by atoms with van der Waals surface area (Å²) in [5.74, 6) is 1.36. The zero-order valence-electron chi connectivity index (χ0n) is 19.9. The van der Waals surface area contributed by atoms with E-state index in [1.54, 1.807) is 0 Å². The lowest BCUT2D eigenvalue weighted by atomic mass is 10.2. The Morgan fingerprint density at radius 3 is 1.34 bits per heavy atom. The van der Waals surface area contributed by atoms with Crippen molar-refractivity contribution in [3.63, 3.8) is 0 Å². The number of hydrogen-bond acceptors (Lipinski definition) is 8. The summed E-state index contributed by atoms with van der Waals surface area (Å²) in [6.45, 7) is 13.1. The third-order valence-electron chi connectivity index (χ3n) is 5.64. The fraction of sp³-hybridized carbons (Fsp3) is 0.750. The van der Waals surface area contributed by atoms with Crippen LogP contribution in [0.3, 0.4) is 0 Å². The number of hydrogen-bond donors (Lipinski definition) is 2. The maximum atomic E-state index is 10.3. The highest BCUT2D eigenvalue weighted by Crippen LogP contribution is 2.19. The molecule has 0 saturated carbocycles. The summed E-state index contributed by atoms with van der Waals surface area (Å²) < 4.78 is 22.9. The third-order valence-corrected chi connectivity index (χ3v) is 5.64. The molecule has 6 atom stereocenters. The van der Waals surface area contributed by atoms with Gasteiger partial charge in [-0.2, -0.15) is 0 Å². The van der Waals surface area contributed by atoms with E-state index in [1.165, 1.54) is 0 Å². The first-order chi connectivity index (χ1) is 15.3. The van der Waals surface area contributed by atoms with E-state index in [4.69, 9.17) is 18.9 Å². The van der Waals surface area contributed by atoms with Crippen LogP contribution in [0.15, 0.2) is 24.3 Å². The molecule has 2 N–H and O–H groups in total. The first-order valence-electron chi connectivity index (χ1n) is 11.7. The second kappa shape index (κ2) is 12.2. The average molecular weight is 453 g/mol. The number of morpholine rings is 2. The molecule has 0 radical (unpaired) electrons. The maximum Gasteiger partial charge on any atom is 0.119 e. The number of rotatable bonds is 10. The molecular formula is C24H40N2O6. The van der Waals surface area contributed by atoms with Crippen LogP contribution in [0, 0.1) is 0 Å². The maximum absolute atomic E-state index is 10.3. The van der Waals surface area contributed by atoms with Gasteiger partial charge in [0.05, 0.1) is 24.4 Å². The van der Waals surface area contributed by atoms with Gasteiger partial charge in [-0.05, 0) is 52.0 Å². The number of aliphatic hydroxyl groups excluding tert-OH is 2. The van der Waals surface area contributed by atoms with E-state index in [1.807, 2.05) is 24.3 Å². The summed E-state index contributed by atoms with van der Waals surface area (Å²) in [5, 5.41) is 20.7. The van der Waals surface area contributed by atoms with Gasteiger partial charge in [-0.15, -0.1) is 0 Å². The van der Waals surface area contributed by atoms with Crippen molar-refractivity contribution < 1.29 is 29.2 Å². The van der Waals surface area contributed by atoms with Crippen LogP contribution in [0.4, 0.5) is 0 Å². The molecule has 2 aliphatic rings. The van der Waals surface area contributed by atoms with E-state index in [9.17, 15) is 10.2 Å². The zero-order valence-corrected chi connectivity index (χ0v) is 19.9. The van der Waals surface area contributed by atoms with Crippen molar-refractivity contribution >= 4 is 0 Å². The van der Waals surface area contributed by atoms with Gasteiger partial charge in [-0.3, -0.25) is 9.80 Å². The Kier molecular flexibility index (Phi) is 9.58. The first kappa shape index (κ1) is 25.2. The van der Waals surface area contributed by atoms with Gasteiger partial charge in [-0.1, -0.05) is 0 Å². The molecule has 1 aromatic rings. The van der Waals surface area contributed by atoms with E-state index >= 15 is 0 Å². The first-order valence-corrected chi connectivity index (χ1v) is 11.7. The van der Waals surface area contributed by atoms with E-state index < -0.39 is 12.2 Å². The molecule has 2 saturated heterocycles. The van der Waals surface area contributed by atoms with Gasteiger partial charge in [0.1, 0.15) is 36.9 Å². The number of benzene rings is 1. The molecular weight excluding hydrogens is 412 g/mol. The molecule has 0 aliphatic carbocycles. The second-order valence-electron chi connectivity index (χ2n) is 9.35. The Bertz CT molecular complexity index is 598. The van der Waals surface area contributed by atoms with Crippen LogP contribution in [-0.4, -0.2) is 109 Å². The van der Waals surface area contributed by atoms with Crippen molar-refractivity contribution in [2.24, 2.45) is 0 Å². The fourth-order valence-electron chi connectivity index (χ4n) is 4.59. The lowest BCUT2D eigenvalue weighted by Crippen LogP contribution is -2.48. The van der Waals surface area contributed by atoms with Crippen LogP contribution >= 0.6 is 0 Å². The summed E-state index contributed by atoms with van der Waals surface area (Å²) in [6, 6.07) is 7.27. The second-order valence-corrected chi connectivity index (χ2v) is 9.35. The van der Waals surface area contributed by atoms with E-state index in [-0.39, 0.29) is 37.6 Å². The Hall–Kier alpha value is -1.42. The van der Waals surface area contributed by atoms with Crippen LogP contribution in [0.1, 0.15) is 27.7 Å². The minimum Gasteiger partial charge on any atom is -0.491 e. The number of aliphatic hydroxyl groups is 2. The molecule has 0 bridgehead atoms. The predicted molar refractivity (Wildman–Crippen MR) is 122 cm³/mol. The minimum atomic E-state index is -0.566. The quantitative estimate of drug-likeness (QED) is 0.551. The molecule has 2 aliphatic heterocycles. The van der Waals surface area contributed by atoms with Crippen molar-refractivity contribution in [1.29, 1.82) is 0 Å². The van der Waals surface area contributed by atoms with Crippen molar-refractivity contribution in [3.8, 4) is 11.5 Å². The van der Waals surface area contributed by atoms with Gasteiger partial charge in [0.25, 0.3) is 0 Å². The van der Waals surface area contributed by atoms with E-state index in [0.29, 0.717) is 24.6 Å². The van der Waals surface area contributed by atoms with Gasteiger partial charge in [0.2, 0.25) is 0 Å². The Balaban J connectivity index is 1.34. The van der Waals surface area contributed by atoms with Crippen LogP contribution in [0.5, 0.6) is 11.5 Å². The normalized spacial score (nSPS) is 29.4. The molecule has 2 heterocycles. The lowest BCUT2D eigenvalue weighted by Gasteiger charge is -2.36. The summed E-state index contributed by atoms with van der Waals surface area (Å²) in [4.78, 5) is 4.43. The van der Waals surface area contributed by atoms with Crippen LogP contribution < -0.4 is 9.47 Å². The van der Waals surface area contributed by atoms with Crippen LogP contribution in [0.2, 0.25) is 0 Å². The highest BCUT2D eigenvalue weighted by molar-refractivity contribution is 5.31. The summed E-state index contributed by atoms with van der Waals surface area (Å²) in [6.07, 6.45) is -0.413. The third kappa shape index (κ3) is 8.50. The largest absolute Gasteiger partial charge is 0.491 e. The van der Waals surface area contributed by atoms with E-state index in [2.05, 4.69) is 37.5 Å². The van der Waals surface area contributed by atoms with Crippen molar-refractivity contribution in [1.82, 2.24) is 9.80 Å². The SMILES string of the molecule is CC1CN(CC(O)COc2ccc(OCC(O)CN3CC(C)OC(C)C3)cc2)CC(C)O1. The topological polar surface area (TPSA) is 83.9 Å².